The molecule has 6 nitrogen and oxygen atoms in total. The molecule has 2 aromatic carbocycles. The highest BCUT2D eigenvalue weighted by Gasteiger charge is 2.42. The van der Waals surface area contributed by atoms with Gasteiger partial charge in [0.1, 0.15) is 7.05 Å². The van der Waals surface area contributed by atoms with Crippen LogP contribution in [-0.2, 0) is 5.41 Å². The van der Waals surface area contributed by atoms with Gasteiger partial charge in [0, 0.05) is 41.5 Å². The van der Waals surface area contributed by atoms with Crippen molar-refractivity contribution in [2.75, 3.05) is 25.0 Å². The summed E-state index contributed by atoms with van der Waals surface area (Å²) in [5, 5.41) is 0.798. The van der Waals surface area contributed by atoms with Gasteiger partial charge in [-0.15, -0.1) is 0 Å². The maximum atomic E-state index is 8.60. The Morgan fingerprint density at radius 1 is 0.971 bits per heavy atom. The average Bonchev–Trinajstić information content (AvgIpc) is 2.96. The van der Waals surface area contributed by atoms with E-state index in [1.165, 1.54) is 53.9 Å². The second-order valence-corrected chi connectivity index (χ2v) is 10.5. The molecular formula is C27H37Cl2N2O4+. The summed E-state index contributed by atoms with van der Waals surface area (Å²) in [6.45, 7) is 11.4. The first kappa shape index (κ1) is 29.3. The highest BCUT2D eigenvalue weighted by atomic mass is 35.7. The summed E-state index contributed by atoms with van der Waals surface area (Å²) in [5.74, 6) is 0. The fourth-order valence-corrected chi connectivity index (χ4v) is 4.52. The van der Waals surface area contributed by atoms with E-state index in [0.29, 0.717) is 0 Å². The molecule has 1 N–H and O–H groups in total. The number of benzene rings is 2. The zero-order valence-electron chi connectivity index (χ0n) is 21.3. The topological polar surface area (TPSA) is 95.7 Å². The number of allylic oxidation sites excluding steroid dienone is 1. The third-order valence-electron chi connectivity index (χ3n) is 6.25. The molecule has 2 aromatic rings. The van der Waals surface area contributed by atoms with Gasteiger partial charge in [-0.05, 0) is 62.6 Å². The van der Waals surface area contributed by atoms with Crippen LogP contribution in [0.25, 0.3) is 6.08 Å². The maximum absolute atomic E-state index is 8.60. The van der Waals surface area contributed by atoms with E-state index < -0.39 is 10.2 Å². The van der Waals surface area contributed by atoms with Crippen LogP contribution in [0.4, 0.5) is 11.4 Å². The minimum absolute atomic E-state index is 0.0669. The number of hydrogen-bond acceptors (Lipinski definition) is 5. The predicted molar refractivity (Wildman–Crippen MR) is 135 cm³/mol. The Hall–Kier alpha value is -1.93. The van der Waals surface area contributed by atoms with E-state index in [1.807, 2.05) is 6.07 Å². The van der Waals surface area contributed by atoms with Crippen molar-refractivity contribution < 1.29 is 33.5 Å². The number of anilines is 1. The second kappa shape index (κ2) is 12.9. The first-order valence-corrected chi connectivity index (χ1v) is 13.6. The molecule has 0 aliphatic carbocycles. The zero-order valence-corrected chi connectivity index (χ0v) is 22.8. The van der Waals surface area contributed by atoms with Gasteiger partial charge in [0.05, 0.1) is 20.3 Å². The van der Waals surface area contributed by atoms with Crippen LogP contribution in [-0.4, -0.2) is 35.1 Å². The van der Waals surface area contributed by atoms with E-state index in [-0.39, 0.29) is 5.41 Å². The molecule has 0 unspecified atom stereocenters. The van der Waals surface area contributed by atoms with Gasteiger partial charge in [-0.25, -0.2) is 0 Å². The molecular weight excluding hydrogens is 487 g/mol. The molecule has 3 rings (SSSR count). The molecule has 0 atom stereocenters. The molecule has 192 valence electrons. The summed E-state index contributed by atoms with van der Waals surface area (Å²) in [6, 6.07) is 15.2. The molecule has 0 saturated heterocycles. The Kier molecular flexibility index (Phi) is 10.8. The zero-order chi connectivity index (χ0) is 26.2. The van der Waals surface area contributed by atoms with Crippen molar-refractivity contribution in [3.8, 4) is 0 Å². The number of rotatable bonds is 9. The van der Waals surface area contributed by atoms with Crippen molar-refractivity contribution in [1.82, 2.24) is 0 Å². The number of halogens is 2. The van der Waals surface area contributed by atoms with Crippen molar-refractivity contribution in [2.45, 2.75) is 58.8 Å². The number of fused-ring (bicyclic) bond motifs is 1. The molecule has 0 radical (unpaired) electrons. The van der Waals surface area contributed by atoms with E-state index in [1.54, 1.807) is 0 Å². The summed E-state index contributed by atoms with van der Waals surface area (Å²) >= 11 is 6.27. The van der Waals surface area contributed by atoms with Crippen LogP contribution in [0.1, 0.15) is 64.5 Å². The van der Waals surface area contributed by atoms with Crippen molar-refractivity contribution in [2.24, 2.45) is 0 Å². The number of nitrogens with zero attached hydrogens (tertiary/aromatic N) is 2. The number of hydrogen-bond donors (Lipinski definition) is 1. The first-order valence-electron chi connectivity index (χ1n) is 12.0. The Morgan fingerprint density at radius 3 is 2.03 bits per heavy atom. The summed E-state index contributed by atoms with van der Waals surface area (Å²) < 4.78 is 35.0. The monoisotopic (exact) mass is 523 g/mol. The fourth-order valence-electron chi connectivity index (χ4n) is 4.35. The second-order valence-electron chi connectivity index (χ2n) is 9.25. The van der Waals surface area contributed by atoms with Crippen LogP contribution >= 0.6 is 11.6 Å². The molecule has 0 bridgehead atoms. The van der Waals surface area contributed by atoms with Gasteiger partial charge in [-0.3, -0.25) is 0 Å². The van der Waals surface area contributed by atoms with Crippen molar-refractivity contribution in [1.29, 1.82) is 0 Å². The van der Waals surface area contributed by atoms with Crippen LogP contribution in [0, 0.1) is 10.2 Å². The van der Waals surface area contributed by atoms with E-state index in [4.69, 9.17) is 30.2 Å². The third kappa shape index (κ3) is 8.60. The van der Waals surface area contributed by atoms with E-state index >= 15 is 0 Å². The SMILES string of the molecule is CCCCN(CCCC)c1ccc(C=CC2=[N+](C)c3ccc(Cl)cc3C2(C)C)cc1.[O-][Cl+3]([O-])([O-])O. The van der Waals surface area contributed by atoms with Gasteiger partial charge in [0.2, 0.25) is 5.69 Å². The van der Waals surface area contributed by atoms with Gasteiger partial charge in [0.25, 0.3) is 0 Å². The summed E-state index contributed by atoms with van der Waals surface area (Å²) in [5.41, 5.74) is 6.31. The largest absolute Gasteiger partial charge is 0.372 e. The van der Waals surface area contributed by atoms with Crippen molar-refractivity contribution >= 4 is 34.8 Å². The fraction of sp³-hybridized carbons (Fsp3) is 0.444. The van der Waals surface area contributed by atoms with Crippen LogP contribution in [0.15, 0.2) is 48.5 Å². The lowest BCUT2D eigenvalue weighted by molar-refractivity contribution is -1.92. The normalized spacial score (nSPS) is 14.7. The predicted octanol–water partition coefficient (Wildman–Crippen LogP) is 3.34. The Balaban J connectivity index is 0.000000784. The molecule has 1 heterocycles. The van der Waals surface area contributed by atoms with Gasteiger partial charge in [-0.2, -0.15) is 18.6 Å². The molecule has 0 amide bonds. The van der Waals surface area contributed by atoms with Crippen LogP contribution in [0.5, 0.6) is 0 Å². The summed E-state index contributed by atoms with van der Waals surface area (Å²) in [7, 11) is -2.55. The van der Waals surface area contributed by atoms with Gasteiger partial charge in [0.15, 0.2) is 5.71 Å². The maximum Gasteiger partial charge on any atom is 0.209 e. The van der Waals surface area contributed by atoms with E-state index in [2.05, 4.69) is 92.8 Å². The van der Waals surface area contributed by atoms with Gasteiger partial charge in [-0.1, -0.05) is 50.4 Å². The summed E-state index contributed by atoms with van der Waals surface area (Å²) in [4.78, 5) is 2.53. The molecule has 1 aliphatic heterocycles. The molecule has 0 saturated carbocycles. The molecule has 0 spiro atoms. The Morgan fingerprint density at radius 2 is 1.51 bits per heavy atom. The van der Waals surface area contributed by atoms with Crippen molar-refractivity contribution in [3.05, 3.63) is 64.7 Å². The lowest BCUT2D eigenvalue weighted by atomic mass is 9.81. The Bertz CT molecular complexity index is 1010. The highest BCUT2D eigenvalue weighted by Crippen LogP contribution is 2.40. The molecule has 1 aliphatic rings. The minimum Gasteiger partial charge on any atom is -0.372 e. The molecule has 35 heavy (non-hydrogen) atoms. The minimum atomic E-state index is -4.69. The van der Waals surface area contributed by atoms with E-state index in [0.717, 1.165) is 18.1 Å². The molecule has 0 fully saturated rings. The van der Waals surface area contributed by atoms with Gasteiger partial charge >= 0.3 is 0 Å². The third-order valence-corrected chi connectivity index (χ3v) is 6.49. The van der Waals surface area contributed by atoms with Crippen LogP contribution in [0.2, 0.25) is 5.02 Å². The van der Waals surface area contributed by atoms with Crippen LogP contribution < -0.4 is 18.9 Å². The van der Waals surface area contributed by atoms with E-state index in [9.17, 15) is 0 Å². The first-order chi connectivity index (χ1) is 16.4. The molecule has 8 heteroatoms. The smallest absolute Gasteiger partial charge is 0.209 e. The van der Waals surface area contributed by atoms with Crippen molar-refractivity contribution in [3.63, 3.8) is 0 Å². The van der Waals surface area contributed by atoms with Crippen LogP contribution in [0.3, 0.4) is 0 Å². The Labute approximate surface area is 216 Å². The lowest BCUT2D eigenvalue weighted by Crippen LogP contribution is -2.58. The highest BCUT2D eigenvalue weighted by molar-refractivity contribution is 6.30. The molecule has 0 aromatic heterocycles. The van der Waals surface area contributed by atoms with Gasteiger partial charge < -0.3 is 4.90 Å². The lowest BCUT2D eigenvalue weighted by Gasteiger charge is -2.24. The summed E-state index contributed by atoms with van der Waals surface area (Å²) in [6.07, 6.45) is 9.45. The number of unbranched alkanes of at least 4 members (excludes halogenated alkanes) is 2. The quantitative estimate of drug-likeness (QED) is 0.508. The average molecular weight is 525 g/mol. The standard InChI is InChI=1S/C27H36ClN2.ClHO4/c1-6-8-18-30(19-9-7-2)23-14-10-21(11-15-23)12-17-26-27(3,4)24-20-22(28)13-16-25(24)29(26)5;2-1(3,4)5/h10-17,20H,6-9,18-19H2,1-5H3;(H,2,3,4,5)/q+1;.